The molecule has 0 amide bonds. The van der Waals surface area contributed by atoms with E-state index in [0.29, 0.717) is 28.9 Å². The standard InChI is InChI=1S/C11H18ClN3OS/c1-5-6-16-10-13-9(12)14-11(15-10)17-8(4)7(2)3/h7-8H,5-6H2,1-4H3. The summed E-state index contributed by atoms with van der Waals surface area (Å²) in [5.41, 5.74) is 0. The Kier molecular flexibility index (Phi) is 5.98. The van der Waals surface area contributed by atoms with E-state index in [-0.39, 0.29) is 5.28 Å². The van der Waals surface area contributed by atoms with E-state index in [1.807, 2.05) is 6.92 Å². The molecule has 1 aromatic rings. The second-order valence-corrected chi connectivity index (χ2v) is 5.77. The molecule has 0 aliphatic carbocycles. The van der Waals surface area contributed by atoms with Crippen LogP contribution >= 0.6 is 23.4 Å². The zero-order chi connectivity index (χ0) is 12.8. The van der Waals surface area contributed by atoms with Gasteiger partial charge in [0.15, 0.2) is 5.16 Å². The highest BCUT2D eigenvalue weighted by Crippen LogP contribution is 2.26. The summed E-state index contributed by atoms with van der Waals surface area (Å²) < 4.78 is 5.36. The first kappa shape index (κ1) is 14.5. The van der Waals surface area contributed by atoms with E-state index < -0.39 is 0 Å². The molecule has 1 rings (SSSR count). The smallest absolute Gasteiger partial charge is 0.321 e. The summed E-state index contributed by atoms with van der Waals surface area (Å²) in [5, 5.41) is 1.23. The number of nitrogens with zero attached hydrogens (tertiary/aromatic N) is 3. The normalized spacial score (nSPS) is 12.8. The van der Waals surface area contributed by atoms with Crippen molar-refractivity contribution in [1.82, 2.24) is 15.0 Å². The van der Waals surface area contributed by atoms with Gasteiger partial charge in [-0.3, -0.25) is 0 Å². The van der Waals surface area contributed by atoms with Gasteiger partial charge < -0.3 is 4.74 Å². The number of thioether (sulfide) groups is 1. The predicted molar refractivity (Wildman–Crippen MR) is 70.8 cm³/mol. The molecule has 0 aliphatic heterocycles. The van der Waals surface area contributed by atoms with E-state index in [0.717, 1.165) is 6.42 Å². The quantitative estimate of drug-likeness (QED) is 0.744. The lowest BCUT2D eigenvalue weighted by atomic mass is 10.2. The third-order valence-electron chi connectivity index (χ3n) is 2.23. The van der Waals surface area contributed by atoms with Gasteiger partial charge in [-0.2, -0.15) is 15.0 Å². The monoisotopic (exact) mass is 275 g/mol. The lowest BCUT2D eigenvalue weighted by molar-refractivity contribution is 0.288. The third-order valence-corrected chi connectivity index (χ3v) is 3.71. The summed E-state index contributed by atoms with van der Waals surface area (Å²) >= 11 is 7.42. The molecule has 0 aliphatic rings. The Morgan fingerprint density at radius 3 is 2.53 bits per heavy atom. The second kappa shape index (κ2) is 7.01. The van der Waals surface area contributed by atoms with E-state index in [9.17, 15) is 0 Å². The van der Waals surface area contributed by atoms with Crippen molar-refractivity contribution in [3.05, 3.63) is 5.28 Å². The highest BCUT2D eigenvalue weighted by molar-refractivity contribution is 7.99. The minimum Gasteiger partial charge on any atom is -0.463 e. The highest BCUT2D eigenvalue weighted by atomic mass is 35.5. The minimum atomic E-state index is 0.185. The third kappa shape index (κ3) is 5.08. The van der Waals surface area contributed by atoms with Crippen LogP contribution in [0.5, 0.6) is 6.01 Å². The molecule has 0 spiro atoms. The van der Waals surface area contributed by atoms with E-state index in [1.54, 1.807) is 11.8 Å². The van der Waals surface area contributed by atoms with Crippen LogP contribution in [0.3, 0.4) is 0 Å². The van der Waals surface area contributed by atoms with Crippen LogP contribution in [0.1, 0.15) is 34.1 Å². The molecule has 96 valence electrons. The predicted octanol–water partition coefficient (Wildman–Crippen LogP) is 3.45. The van der Waals surface area contributed by atoms with Gasteiger partial charge in [0.1, 0.15) is 0 Å². The second-order valence-electron chi connectivity index (χ2n) is 4.09. The Labute approximate surface area is 112 Å². The summed E-state index contributed by atoms with van der Waals surface area (Å²) in [6, 6.07) is 0.310. The summed E-state index contributed by atoms with van der Waals surface area (Å²) in [6.45, 7) is 9.08. The Morgan fingerprint density at radius 1 is 1.24 bits per heavy atom. The van der Waals surface area contributed by atoms with Gasteiger partial charge in [-0.1, -0.05) is 39.5 Å². The zero-order valence-corrected chi connectivity index (χ0v) is 12.2. The van der Waals surface area contributed by atoms with Crippen LogP contribution in [0.2, 0.25) is 5.28 Å². The molecule has 1 atom stereocenters. The number of hydrogen-bond acceptors (Lipinski definition) is 5. The number of halogens is 1. The van der Waals surface area contributed by atoms with Crippen LogP contribution in [-0.2, 0) is 0 Å². The van der Waals surface area contributed by atoms with Gasteiger partial charge in [0.25, 0.3) is 0 Å². The zero-order valence-electron chi connectivity index (χ0n) is 10.6. The first-order valence-electron chi connectivity index (χ1n) is 5.74. The SMILES string of the molecule is CCCOc1nc(Cl)nc(SC(C)C(C)C)n1. The maximum Gasteiger partial charge on any atom is 0.321 e. The van der Waals surface area contributed by atoms with E-state index in [4.69, 9.17) is 16.3 Å². The lowest BCUT2D eigenvalue weighted by Gasteiger charge is -2.13. The summed E-state index contributed by atoms with van der Waals surface area (Å²) in [7, 11) is 0. The fraction of sp³-hybridized carbons (Fsp3) is 0.727. The Hall–Kier alpha value is -0.550. The molecule has 0 N–H and O–H groups in total. The number of ether oxygens (including phenoxy) is 1. The molecular weight excluding hydrogens is 258 g/mol. The van der Waals surface area contributed by atoms with Crippen LogP contribution in [0.4, 0.5) is 0 Å². The van der Waals surface area contributed by atoms with Crippen molar-refractivity contribution in [3.8, 4) is 6.01 Å². The van der Waals surface area contributed by atoms with Crippen molar-refractivity contribution in [2.45, 2.75) is 44.5 Å². The molecule has 0 radical (unpaired) electrons. The maximum absolute atomic E-state index is 5.84. The van der Waals surface area contributed by atoms with E-state index in [2.05, 4.69) is 35.7 Å². The molecular formula is C11H18ClN3OS. The fourth-order valence-electron chi connectivity index (χ4n) is 0.928. The molecule has 6 heteroatoms. The Balaban J connectivity index is 2.74. The number of aromatic nitrogens is 3. The molecule has 1 unspecified atom stereocenters. The van der Waals surface area contributed by atoms with E-state index >= 15 is 0 Å². The topological polar surface area (TPSA) is 47.9 Å². The Morgan fingerprint density at radius 2 is 1.94 bits per heavy atom. The van der Waals surface area contributed by atoms with Crippen molar-refractivity contribution in [2.24, 2.45) is 5.92 Å². The largest absolute Gasteiger partial charge is 0.463 e. The van der Waals surface area contributed by atoms with Gasteiger partial charge in [0, 0.05) is 5.25 Å². The molecule has 0 fully saturated rings. The van der Waals surface area contributed by atoms with Gasteiger partial charge >= 0.3 is 6.01 Å². The number of rotatable bonds is 6. The number of hydrogen-bond donors (Lipinski definition) is 0. The van der Waals surface area contributed by atoms with Gasteiger partial charge in [0.2, 0.25) is 5.28 Å². The average molecular weight is 276 g/mol. The highest BCUT2D eigenvalue weighted by Gasteiger charge is 2.13. The fourth-order valence-corrected chi connectivity index (χ4v) is 2.00. The molecule has 4 nitrogen and oxygen atoms in total. The first-order valence-corrected chi connectivity index (χ1v) is 6.99. The molecule has 1 aromatic heterocycles. The van der Waals surface area contributed by atoms with Crippen LogP contribution in [0.25, 0.3) is 0 Å². The summed E-state index contributed by atoms with van der Waals surface area (Å²) in [4.78, 5) is 12.2. The van der Waals surface area contributed by atoms with Crippen molar-refractivity contribution in [1.29, 1.82) is 0 Å². The summed E-state index contributed by atoms with van der Waals surface area (Å²) in [6.07, 6.45) is 0.911. The van der Waals surface area contributed by atoms with Crippen molar-refractivity contribution in [3.63, 3.8) is 0 Å². The molecule has 0 bridgehead atoms. The van der Waals surface area contributed by atoms with Crippen LogP contribution in [0.15, 0.2) is 5.16 Å². The first-order chi connectivity index (χ1) is 8.02. The van der Waals surface area contributed by atoms with Crippen LogP contribution in [-0.4, -0.2) is 26.8 Å². The van der Waals surface area contributed by atoms with Crippen molar-refractivity contribution >= 4 is 23.4 Å². The lowest BCUT2D eigenvalue weighted by Crippen LogP contribution is -2.08. The van der Waals surface area contributed by atoms with Crippen LogP contribution < -0.4 is 4.74 Å². The molecule has 17 heavy (non-hydrogen) atoms. The van der Waals surface area contributed by atoms with Crippen molar-refractivity contribution in [2.75, 3.05) is 6.61 Å². The molecule has 1 heterocycles. The minimum absolute atomic E-state index is 0.185. The Bertz CT molecular complexity index is 363. The van der Waals surface area contributed by atoms with E-state index in [1.165, 1.54) is 0 Å². The van der Waals surface area contributed by atoms with Gasteiger partial charge in [-0.05, 0) is 23.9 Å². The van der Waals surface area contributed by atoms with Crippen molar-refractivity contribution < 1.29 is 4.74 Å². The van der Waals surface area contributed by atoms with Crippen LogP contribution in [0, 0.1) is 5.92 Å². The maximum atomic E-state index is 5.84. The van der Waals surface area contributed by atoms with Gasteiger partial charge in [0.05, 0.1) is 6.61 Å². The summed E-state index contributed by atoms with van der Waals surface area (Å²) in [5.74, 6) is 0.551. The molecule has 0 saturated carbocycles. The molecule has 0 saturated heterocycles. The average Bonchev–Trinajstić information content (AvgIpc) is 2.25. The van der Waals surface area contributed by atoms with Gasteiger partial charge in [-0.15, -0.1) is 0 Å². The molecule has 0 aromatic carbocycles. The van der Waals surface area contributed by atoms with Gasteiger partial charge in [-0.25, -0.2) is 0 Å².